The minimum Gasteiger partial charge on any atom is -0.458 e. The molecule has 0 radical (unpaired) electrons. The van der Waals surface area contributed by atoms with Crippen LogP contribution < -0.4 is 5.73 Å². The molecule has 1 aromatic heterocycles. The summed E-state index contributed by atoms with van der Waals surface area (Å²) in [7, 11) is 0. The standard InChI is InChI=1S/C14H16ClNO2/c1-8-5-10(7-17-8)13(16)12-6-9-3-2-4-11(15)14(9)18-12/h2-4,6,8,10,13H,5,7,16H2,1H3. The Labute approximate surface area is 111 Å². The Morgan fingerprint density at radius 3 is 2.94 bits per heavy atom. The van der Waals surface area contributed by atoms with Gasteiger partial charge in [-0.2, -0.15) is 0 Å². The van der Waals surface area contributed by atoms with Crippen molar-refractivity contribution < 1.29 is 9.15 Å². The number of nitrogens with two attached hydrogens (primary N) is 1. The van der Waals surface area contributed by atoms with Crippen molar-refractivity contribution >= 4 is 22.6 Å². The van der Waals surface area contributed by atoms with Crippen LogP contribution in [-0.2, 0) is 4.74 Å². The molecule has 0 spiro atoms. The molecule has 3 nitrogen and oxygen atoms in total. The second kappa shape index (κ2) is 4.57. The molecule has 3 atom stereocenters. The first-order valence-corrected chi connectivity index (χ1v) is 6.58. The van der Waals surface area contributed by atoms with Crippen LogP contribution in [0.4, 0.5) is 0 Å². The second-order valence-electron chi connectivity index (χ2n) is 4.97. The van der Waals surface area contributed by atoms with Gasteiger partial charge in [0.1, 0.15) is 5.76 Å². The molecular formula is C14H16ClNO2. The van der Waals surface area contributed by atoms with Crippen LogP contribution >= 0.6 is 11.6 Å². The van der Waals surface area contributed by atoms with Gasteiger partial charge in [-0.3, -0.25) is 0 Å². The maximum absolute atomic E-state index is 6.26. The molecule has 2 N–H and O–H groups in total. The van der Waals surface area contributed by atoms with Crippen molar-refractivity contribution in [2.75, 3.05) is 6.61 Å². The SMILES string of the molecule is CC1CC(C(N)c2cc3cccc(Cl)c3o2)CO1. The van der Waals surface area contributed by atoms with Gasteiger partial charge in [-0.05, 0) is 25.5 Å². The Bertz CT molecular complexity index is 566. The molecule has 0 amide bonds. The van der Waals surface area contributed by atoms with E-state index in [1.54, 1.807) is 0 Å². The van der Waals surface area contributed by atoms with Gasteiger partial charge in [0, 0.05) is 11.3 Å². The van der Waals surface area contributed by atoms with E-state index in [-0.39, 0.29) is 12.1 Å². The van der Waals surface area contributed by atoms with Crippen molar-refractivity contribution in [3.05, 3.63) is 35.0 Å². The molecule has 18 heavy (non-hydrogen) atoms. The Hall–Kier alpha value is -1.03. The molecular weight excluding hydrogens is 250 g/mol. The fraction of sp³-hybridized carbons (Fsp3) is 0.429. The molecule has 0 saturated carbocycles. The normalized spacial score (nSPS) is 25.7. The largest absolute Gasteiger partial charge is 0.458 e. The van der Waals surface area contributed by atoms with Crippen LogP contribution in [0.15, 0.2) is 28.7 Å². The van der Waals surface area contributed by atoms with Gasteiger partial charge in [0.25, 0.3) is 0 Å². The van der Waals surface area contributed by atoms with E-state index in [9.17, 15) is 0 Å². The van der Waals surface area contributed by atoms with Crippen LogP contribution in [0.5, 0.6) is 0 Å². The zero-order valence-electron chi connectivity index (χ0n) is 10.2. The van der Waals surface area contributed by atoms with Crippen LogP contribution in [0.25, 0.3) is 11.0 Å². The van der Waals surface area contributed by atoms with E-state index in [4.69, 9.17) is 26.5 Å². The van der Waals surface area contributed by atoms with Crippen molar-refractivity contribution in [3.63, 3.8) is 0 Å². The lowest BCUT2D eigenvalue weighted by atomic mass is 9.96. The summed E-state index contributed by atoms with van der Waals surface area (Å²) in [6.45, 7) is 2.77. The number of hydrogen-bond donors (Lipinski definition) is 1. The van der Waals surface area contributed by atoms with Crippen molar-refractivity contribution in [2.24, 2.45) is 11.7 Å². The van der Waals surface area contributed by atoms with E-state index in [0.29, 0.717) is 17.5 Å². The van der Waals surface area contributed by atoms with E-state index in [1.165, 1.54) is 0 Å². The van der Waals surface area contributed by atoms with Gasteiger partial charge in [0.2, 0.25) is 0 Å². The smallest absolute Gasteiger partial charge is 0.152 e. The van der Waals surface area contributed by atoms with E-state index >= 15 is 0 Å². The first-order valence-electron chi connectivity index (χ1n) is 6.20. The number of hydrogen-bond acceptors (Lipinski definition) is 3. The molecule has 1 saturated heterocycles. The Balaban J connectivity index is 1.92. The number of furan rings is 1. The van der Waals surface area contributed by atoms with Crippen molar-refractivity contribution in [1.29, 1.82) is 0 Å². The Morgan fingerprint density at radius 1 is 1.44 bits per heavy atom. The third kappa shape index (κ3) is 2.03. The lowest BCUT2D eigenvalue weighted by Gasteiger charge is -2.14. The van der Waals surface area contributed by atoms with Crippen LogP contribution in [0, 0.1) is 5.92 Å². The molecule has 3 rings (SSSR count). The van der Waals surface area contributed by atoms with Gasteiger partial charge in [0.15, 0.2) is 5.58 Å². The van der Waals surface area contributed by atoms with Crippen LogP contribution in [-0.4, -0.2) is 12.7 Å². The van der Waals surface area contributed by atoms with E-state index in [1.807, 2.05) is 24.3 Å². The summed E-state index contributed by atoms with van der Waals surface area (Å²) in [4.78, 5) is 0. The Morgan fingerprint density at radius 2 is 2.28 bits per heavy atom. The van der Waals surface area contributed by atoms with Gasteiger partial charge < -0.3 is 14.9 Å². The molecule has 1 aromatic carbocycles. The summed E-state index contributed by atoms with van der Waals surface area (Å²) in [5.74, 6) is 1.11. The lowest BCUT2D eigenvalue weighted by molar-refractivity contribution is 0.117. The van der Waals surface area contributed by atoms with Crippen molar-refractivity contribution in [1.82, 2.24) is 0 Å². The molecule has 2 heterocycles. The fourth-order valence-electron chi connectivity index (χ4n) is 2.54. The lowest BCUT2D eigenvalue weighted by Crippen LogP contribution is -2.21. The minimum absolute atomic E-state index is 0.126. The highest BCUT2D eigenvalue weighted by molar-refractivity contribution is 6.34. The van der Waals surface area contributed by atoms with Crippen LogP contribution in [0.3, 0.4) is 0 Å². The van der Waals surface area contributed by atoms with Gasteiger partial charge in [0.05, 0.1) is 23.8 Å². The van der Waals surface area contributed by atoms with Gasteiger partial charge in [-0.25, -0.2) is 0 Å². The molecule has 0 bridgehead atoms. The highest BCUT2D eigenvalue weighted by Gasteiger charge is 2.30. The first-order chi connectivity index (χ1) is 8.65. The second-order valence-corrected chi connectivity index (χ2v) is 5.38. The third-order valence-electron chi connectivity index (χ3n) is 3.58. The van der Waals surface area contributed by atoms with E-state index in [0.717, 1.165) is 23.2 Å². The quantitative estimate of drug-likeness (QED) is 0.904. The van der Waals surface area contributed by atoms with Gasteiger partial charge in [-0.15, -0.1) is 0 Å². The highest BCUT2D eigenvalue weighted by Crippen LogP contribution is 2.34. The number of benzene rings is 1. The fourth-order valence-corrected chi connectivity index (χ4v) is 2.77. The summed E-state index contributed by atoms with van der Waals surface area (Å²) < 4.78 is 11.4. The summed E-state index contributed by atoms with van der Waals surface area (Å²) in [5, 5.41) is 1.63. The average molecular weight is 266 g/mol. The van der Waals surface area contributed by atoms with Crippen LogP contribution in [0.2, 0.25) is 5.02 Å². The number of fused-ring (bicyclic) bond motifs is 1. The summed E-state index contributed by atoms with van der Waals surface area (Å²) >= 11 is 6.10. The summed E-state index contributed by atoms with van der Waals surface area (Å²) in [5.41, 5.74) is 6.98. The molecule has 1 aliphatic heterocycles. The number of para-hydroxylation sites is 1. The summed E-state index contributed by atoms with van der Waals surface area (Å²) in [6, 6.07) is 7.57. The highest BCUT2D eigenvalue weighted by atomic mass is 35.5. The maximum Gasteiger partial charge on any atom is 0.152 e. The molecule has 1 fully saturated rings. The molecule has 3 unspecified atom stereocenters. The van der Waals surface area contributed by atoms with E-state index < -0.39 is 0 Å². The van der Waals surface area contributed by atoms with Crippen LogP contribution in [0.1, 0.15) is 25.1 Å². The number of halogens is 1. The monoisotopic (exact) mass is 265 g/mol. The topological polar surface area (TPSA) is 48.4 Å². The van der Waals surface area contributed by atoms with Crippen molar-refractivity contribution in [3.8, 4) is 0 Å². The molecule has 96 valence electrons. The summed E-state index contributed by atoms with van der Waals surface area (Å²) in [6.07, 6.45) is 1.26. The predicted molar refractivity (Wildman–Crippen MR) is 71.7 cm³/mol. The van der Waals surface area contributed by atoms with Crippen molar-refractivity contribution in [2.45, 2.75) is 25.5 Å². The number of ether oxygens (including phenoxy) is 1. The minimum atomic E-state index is -0.126. The maximum atomic E-state index is 6.26. The third-order valence-corrected chi connectivity index (χ3v) is 3.88. The predicted octanol–water partition coefficient (Wildman–Crippen LogP) is 3.51. The van der Waals surface area contributed by atoms with Gasteiger partial charge >= 0.3 is 0 Å². The van der Waals surface area contributed by atoms with Gasteiger partial charge in [-0.1, -0.05) is 23.7 Å². The molecule has 0 aliphatic carbocycles. The molecule has 2 aromatic rings. The number of rotatable bonds is 2. The zero-order chi connectivity index (χ0) is 12.7. The average Bonchev–Trinajstić information content (AvgIpc) is 2.95. The van der Waals surface area contributed by atoms with E-state index in [2.05, 4.69) is 6.92 Å². The first kappa shape index (κ1) is 12.0. The zero-order valence-corrected chi connectivity index (χ0v) is 11.0. The molecule has 1 aliphatic rings. The Kier molecular flexibility index (Phi) is 3.06. The molecule has 4 heteroatoms.